The summed E-state index contributed by atoms with van der Waals surface area (Å²) in [5, 5.41) is 12.2. The second kappa shape index (κ2) is 14.7. The molecule has 3 amide bonds. The minimum atomic E-state index is -1.20. The van der Waals surface area contributed by atoms with Crippen LogP contribution in [0, 0.1) is 30.0 Å². The number of rotatable bonds is 13. The number of halogens is 1. The van der Waals surface area contributed by atoms with E-state index in [1.54, 1.807) is 6.92 Å². The predicted octanol–water partition coefficient (Wildman–Crippen LogP) is 5.32. The fraction of sp³-hybridized carbons (Fsp3) is 0.366. The maximum atomic E-state index is 15.8. The molecule has 274 valence electrons. The van der Waals surface area contributed by atoms with Crippen LogP contribution in [0.3, 0.4) is 0 Å². The van der Waals surface area contributed by atoms with E-state index in [-0.39, 0.29) is 41.4 Å². The van der Waals surface area contributed by atoms with Crippen LogP contribution in [0.15, 0.2) is 60.3 Å². The van der Waals surface area contributed by atoms with Crippen LogP contribution >= 0.6 is 0 Å². The number of nitriles is 1. The van der Waals surface area contributed by atoms with Crippen molar-refractivity contribution in [2.24, 2.45) is 11.7 Å². The van der Waals surface area contributed by atoms with E-state index in [1.165, 1.54) is 20.0 Å². The number of hydrogen-bond acceptors (Lipinski definition) is 9. The molecule has 3 aromatic rings. The third kappa shape index (κ3) is 6.91. The maximum Gasteiger partial charge on any atom is 0.262 e. The van der Waals surface area contributed by atoms with Crippen LogP contribution < -0.4 is 20.9 Å². The van der Waals surface area contributed by atoms with Gasteiger partial charge in [-0.25, -0.2) is 4.39 Å². The first kappa shape index (κ1) is 36.9. The van der Waals surface area contributed by atoms with Crippen molar-refractivity contribution < 1.29 is 28.4 Å². The molecule has 3 aliphatic rings. The number of amides is 3. The summed E-state index contributed by atoms with van der Waals surface area (Å²) < 4.78 is 15.8. The van der Waals surface area contributed by atoms with E-state index in [0.717, 1.165) is 46.3 Å². The Kier molecular flexibility index (Phi) is 10.2. The van der Waals surface area contributed by atoms with E-state index < -0.39 is 35.0 Å². The lowest BCUT2D eigenvalue weighted by Crippen LogP contribution is -2.48. The first-order chi connectivity index (χ1) is 25.3. The summed E-state index contributed by atoms with van der Waals surface area (Å²) in [5.41, 5.74) is 11.1. The van der Waals surface area contributed by atoms with Crippen LogP contribution in [0.25, 0.3) is 5.57 Å². The summed E-state index contributed by atoms with van der Waals surface area (Å²) in [7, 11) is 1.38. The molecule has 1 saturated heterocycles. The van der Waals surface area contributed by atoms with Gasteiger partial charge in [-0.3, -0.25) is 24.1 Å². The first-order valence-corrected chi connectivity index (χ1v) is 17.8. The van der Waals surface area contributed by atoms with Gasteiger partial charge in [0.1, 0.15) is 18.1 Å². The fourth-order valence-corrected chi connectivity index (χ4v) is 7.68. The van der Waals surface area contributed by atoms with Crippen LogP contribution in [-0.2, 0) is 19.8 Å². The highest BCUT2D eigenvalue weighted by atomic mass is 19.1. The van der Waals surface area contributed by atoms with Gasteiger partial charge in [0.25, 0.3) is 11.8 Å². The zero-order chi connectivity index (χ0) is 38.2. The minimum Gasteiger partial charge on any atom is -0.402 e. The van der Waals surface area contributed by atoms with Crippen molar-refractivity contribution in [2.75, 3.05) is 36.5 Å². The van der Waals surface area contributed by atoms with Crippen molar-refractivity contribution in [3.8, 4) is 6.07 Å². The van der Waals surface area contributed by atoms with E-state index >= 15 is 4.39 Å². The number of Topliss-reactive ketones (excluding diaryl/α,β-unsaturated/α-hetero) is 1. The van der Waals surface area contributed by atoms with E-state index in [0.29, 0.717) is 49.2 Å². The summed E-state index contributed by atoms with van der Waals surface area (Å²) >= 11 is 0. The largest absolute Gasteiger partial charge is 0.402 e. The molecule has 53 heavy (non-hydrogen) atoms. The number of benzene rings is 3. The van der Waals surface area contributed by atoms with Gasteiger partial charge in [0.05, 0.1) is 28.3 Å². The smallest absolute Gasteiger partial charge is 0.262 e. The highest BCUT2D eigenvalue weighted by Crippen LogP contribution is 2.48. The highest BCUT2D eigenvalue weighted by molar-refractivity contribution is 6.23. The molecule has 0 radical (unpaired) electrons. The Labute approximate surface area is 308 Å². The Bertz CT molecular complexity index is 2080. The summed E-state index contributed by atoms with van der Waals surface area (Å²) in [6.07, 6.45) is 2.89. The Morgan fingerprint density at radius 2 is 1.77 bits per heavy atom. The molecule has 6 rings (SSSR count). The number of nitrogens with one attached hydrogen (secondary N) is 1. The number of carbonyl (C=O) groups is 5. The van der Waals surface area contributed by atoms with E-state index in [1.807, 2.05) is 54.3 Å². The van der Waals surface area contributed by atoms with Gasteiger partial charge in [-0.1, -0.05) is 24.3 Å². The Hall–Kier alpha value is -5.83. The van der Waals surface area contributed by atoms with Crippen LogP contribution in [0.5, 0.6) is 0 Å². The Morgan fingerprint density at radius 1 is 1.09 bits per heavy atom. The van der Waals surface area contributed by atoms with E-state index in [4.69, 9.17) is 5.73 Å². The van der Waals surface area contributed by atoms with Gasteiger partial charge >= 0.3 is 0 Å². The monoisotopic (exact) mass is 718 g/mol. The molecule has 0 bridgehead atoms. The highest BCUT2D eigenvalue weighted by Gasteiger charge is 2.45. The number of hydrogen-bond donors (Lipinski definition) is 2. The molecule has 0 spiro atoms. The standard InChI is InChI=1S/C41H43FN6O5/c1-24-7-8-28(37(25(2)44)26(3)50)18-35(24)47(30-11-9-29(10-12-30)41(23-43)14-15-41)22-27-13-16-46(21-27)36-20-32-31(19-33(36)42)39(52)48(40(32)53)34(6-5-17-49)38(51)45-4/h7-12,17-20,27,34H,5-6,13-16,21-22,44H2,1-4H3,(H,45,51). The molecule has 1 aliphatic carbocycles. The normalized spacial score (nSPS) is 18.2. The van der Waals surface area contributed by atoms with Gasteiger partial charge in [0.2, 0.25) is 5.91 Å². The van der Waals surface area contributed by atoms with Crippen molar-refractivity contribution in [1.29, 1.82) is 5.26 Å². The van der Waals surface area contributed by atoms with Gasteiger partial charge in [0, 0.05) is 55.7 Å². The average Bonchev–Trinajstić information content (AvgIpc) is 3.74. The zero-order valence-electron chi connectivity index (χ0n) is 30.4. The molecule has 2 aliphatic heterocycles. The fourth-order valence-electron chi connectivity index (χ4n) is 7.68. The summed E-state index contributed by atoms with van der Waals surface area (Å²) in [4.78, 5) is 68.1. The molecule has 2 fully saturated rings. The molecule has 12 heteroatoms. The minimum absolute atomic E-state index is 0.0133. The van der Waals surface area contributed by atoms with Crippen LogP contribution in [0.4, 0.5) is 21.5 Å². The molecule has 2 heterocycles. The lowest BCUT2D eigenvalue weighted by Gasteiger charge is -2.30. The summed E-state index contributed by atoms with van der Waals surface area (Å²) in [5.74, 6) is -2.83. The molecule has 1 saturated carbocycles. The third-order valence-corrected chi connectivity index (χ3v) is 10.7. The van der Waals surface area contributed by atoms with Gasteiger partial charge < -0.3 is 25.6 Å². The third-order valence-electron chi connectivity index (χ3n) is 10.7. The first-order valence-electron chi connectivity index (χ1n) is 17.8. The van der Waals surface area contributed by atoms with Crippen LogP contribution in [-0.4, -0.2) is 67.4 Å². The summed E-state index contributed by atoms with van der Waals surface area (Å²) in [6, 6.07) is 17.5. The zero-order valence-corrected chi connectivity index (χ0v) is 30.4. The Balaban J connectivity index is 1.30. The number of allylic oxidation sites excluding steroid dienone is 2. The molecule has 2 unspecified atom stereocenters. The van der Waals surface area contributed by atoms with Gasteiger partial charge in [-0.2, -0.15) is 5.26 Å². The maximum absolute atomic E-state index is 15.8. The Morgan fingerprint density at radius 3 is 2.36 bits per heavy atom. The van der Waals surface area contributed by atoms with E-state index in [9.17, 15) is 29.2 Å². The van der Waals surface area contributed by atoms with Crippen molar-refractivity contribution in [3.63, 3.8) is 0 Å². The number of aldehydes is 1. The lowest BCUT2D eigenvalue weighted by molar-refractivity contribution is -0.124. The number of nitrogens with two attached hydrogens (primary N) is 1. The van der Waals surface area contributed by atoms with Crippen molar-refractivity contribution in [3.05, 3.63) is 93.9 Å². The number of aryl methyl sites for hydroxylation is 1. The van der Waals surface area contributed by atoms with Crippen molar-refractivity contribution in [2.45, 2.75) is 64.3 Å². The second-order valence-electron chi connectivity index (χ2n) is 14.3. The number of nitrogens with zero attached hydrogens (tertiary/aromatic N) is 4. The van der Waals surface area contributed by atoms with E-state index in [2.05, 4.69) is 16.3 Å². The number of anilines is 3. The number of ketones is 1. The van der Waals surface area contributed by atoms with Crippen molar-refractivity contribution in [1.82, 2.24) is 10.2 Å². The molecular weight excluding hydrogens is 675 g/mol. The van der Waals surface area contributed by atoms with Crippen LogP contribution in [0.1, 0.15) is 83.4 Å². The number of likely N-dealkylation sites (N-methyl/N-ethyl adjacent to an activating group) is 1. The molecule has 11 nitrogen and oxygen atoms in total. The van der Waals surface area contributed by atoms with Gasteiger partial charge in [-0.05, 0) is 99.4 Å². The predicted molar refractivity (Wildman–Crippen MR) is 199 cm³/mol. The molecule has 3 aromatic carbocycles. The molecule has 3 N–H and O–H groups in total. The van der Waals surface area contributed by atoms with Gasteiger partial charge in [-0.15, -0.1) is 0 Å². The molecule has 0 aromatic heterocycles. The lowest BCUT2D eigenvalue weighted by atomic mass is 9.96. The number of fused-ring (bicyclic) bond motifs is 1. The average molecular weight is 719 g/mol. The quantitative estimate of drug-likeness (QED) is 0.136. The molecular formula is C41H43FN6O5. The number of imide groups is 1. The van der Waals surface area contributed by atoms with Crippen LogP contribution in [0.2, 0.25) is 0 Å². The number of carbonyl (C=O) groups excluding carboxylic acids is 5. The molecule has 2 atom stereocenters. The van der Waals surface area contributed by atoms with Gasteiger partial charge in [0.15, 0.2) is 5.78 Å². The topological polar surface area (TPSA) is 157 Å². The van der Waals surface area contributed by atoms with Crippen molar-refractivity contribution >= 4 is 52.4 Å². The summed E-state index contributed by atoms with van der Waals surface area (Å²) in [6.45, 7) is 6.67. The second-order valence-corrected chi connectivity index (χ2v) is 14.3. The SMILES string of the molecule is CNC(=O)C(CCC=O)N1C(=O)c2cc(F)c(N3CCC(CN(c4ccc(C5(C#N)CC5)cc4)c4cc(C(C(C)=O)=C(C)N)ccc4C)C3)cc2C1=O.